The van der Waals surface area contributed by atoms with Crippen molar-refractivity contribution in [1.29, 1.82) is 0 Å². The molecule has 1 saturated carbocycles. The number of carbonyl (C=O) groups is 1. The number of aromatic nitrogens is 1. The minimum Gasteiger partial charge on any atom is -0.480 e. The summed E-state index contributed by atoms with van der Waals surface area (Å²) in [5.41, 5.74) is 1.70. The zero-order valence-electron chi connectivity index (χ0n) is 12.1. The third-order valence-corrected chi connectivity index (χ3v) is 3.18. The van der Waals surface area contributed by atoms with E-state index in [9.17, 15) is 4.79 Å². The van der Waals surface area contributed by atoms with Gasteiger partial charge in [-0.2, -0.15) is 0 Å². The maximum Gasteiger partial charge on any atom is 0.405 e. The Labute approximate surface area is 123 Å². The van der Waals surface area contributed by atoms with Crippen LogP contribution >= 0.6 is 0 Å². The van der Waals surface area contributed by atoms with Crippen LogP contribution < -0.4 is 15.4 Å². The van der Waals surface area contributed by atoms with Crippen molar-refractivity contribution in [1.82, 2.24) is 15.6 Å². The molecule has 1 aliphatic carbocycles. The van der Waals surface area contributed by atoms with Gasteiger partial charge in [0.15, 0.2) is 0 Å². The van der Waals surface area contributed by atoms with Crippen molar-refractivity contribution in [3.05, 3.63) is 23.4 Å². The molecule has 1 fully saturated rings. The third kappa shape index (κ3) is 4.65. The lowest BCUT2D eigenvalue weighted by Crippen LogP contribution is -2.21. The first kappa shape index (κ1) is 15.1. The number of ether oxygens (including phenoxy) is 1. The zero-order chi connectivity index (χ0) is 15.2. The summed E-state index contributed by atoms with van der Waals surface area (Å²) in [6.07, 6.45) is 3.13. The average Bonchev–Trinajstić information content (AvgIpc) is 3.27. The van der Waals surface area contributed by atoms with Gasteiger partial charge in [0.2, 0.25) is 5.88 Å². The van der Waals surface area contributed by atoms with E-state index in [1.54, 1.807) is 6.20 Å². The summed E-state index contributed by atoms with van der Waals surface area (Å²) in [6.45, 7) is 2.16. The van der Waals surface area contributed by atoms with Gasteiger partial charge in [-0.3, -0.25) is 0 Å². The Kier molecular flexibility index (Phi) is 5.01. The second kappa shape index (κ2) is 6.95. The monoisotopic (exact) mass is 289 g/mol. The molecule has 6 heteroatoms. The molecule has 1 amide bonds. The Morgan fingerprint density at radius 2 is 2.38 bits per heavy atom. The summed E-state index contributed by atoms with van der Waals surface area (Å²) >= 11 is 0. The van der Waals surface area contributed by atoms with E-state index in [0.717, 1.165) is 5.56 Å². The summed E-state index contributed by atoms with van der Waals surface area (Å²) in [7, 11) is 1.54. The maximum atomic E-state index is 10.4. The molecule has 3 N–H and O–H groups in total. The molecule has 2 rings (SSSR count). The van der Waals surface area contributed by atoms with Gasteiger partial charge in [0.25, 0.3) is 0 Å². The molecule has 1 atom stereocenters. The molecule has 0 saturated heterocycles. The Morgan fingerprint density at radius 1 is 1.62 bits per heavy atom. The lowest BCUT2D eigenvalue weighted by atomic mass is 10.1. The number of rotatable bonds is 5. The number of carboxylic acid groups (broad SMARTS) is 1. The van der Waals surface area contributed by atoms with Crippen molar-refractivity contribution in [2.24, 2.45) is 0 Å². The summed E-state index contributed by atoms with van der Waals surface area (Å²) in [5, 5.41) is 14.2. The first-order valence-electron chi connectivity index (χ1n) is 6.85. The normalized spacial score (nSPS) is 14.8. The van der Waals surface area contributed by atoms with E-state index in [1.807, 2.05) is 6.07 Å². The fourth-order valence-electron chi connectivity index (χ4n) is 1.92. The van der Waals surface area contributed by atoms with Gasteiger partial charge >= 0.3 is 6.09 Å². The predicted molar refractivity (Wildman–Crippen MR) is 78.3 cm³/mol. The van der Waals surface area contributed by atoms with E-state index in [4.69, 9.17) is 9.84 Å². The number of nitrogens with zero attached hydrogens (tertiary/aromatic N) is 1. The highest BCUT2D eigenvalue weighted by molar-refractivity contribution is 5.64. The Morgan fingerprint density at radius 3 is 3.00 bits per heavy atom. The first-order chi connectivity index (χ1) is 10.1. The lowest BCUT2D eigenvalue weighted by Gasteiger charge is -2.14. The molecule has 21 heavy (non-hydrogen) atoms. The smallest absolute Gasteiger partial charge is 0.405 e. The van der Waals surface area contributed by atoms with Crippen LogP contribution in [0, 0.1) is 11.8 Å². The molecule has 0 radical (unpaired) electrons. The van der Waals surface area contributed by atoms with Crippen LogP contribution in [0.5, 0.6) is 5.88 Å². The molecule has 0 aromatic carbocycles. The fourth-order valence-corrected chi connectivity index (χ4v) is 1.92. The van der Waals surface area contributed by atoms with Crippen molar-refractivity contribution in [2.75, 3.05) is 13.7 Å². The number of pyridine rings is 1. The summed E-state index contributed by atoms with van der Waals surface area (Å²) in [6, 6.07) is 2.74. The molecule has 112 valence electrons. The highest BCUT2D eigenvalue weighted by Crippen LogP contribution is 2.25. The molecule has 0 bridgehead atoms. The van der Waals surface area contributed by atoms with E-state index in [2.05, 4.69) is 34.4 Å². The van der Waals surface area contributed by atoms with Crippen LogP contribution in [0.4, 0.5) is 4.79 Å². The van der Waals surface area contributed by atoms with Crippen molar-refractivity contribution < 1.29 is 14.6 Å². The standard InChI is InChI=1S/C15H19N3O3/c1-10(18-13-5-6-13)12-8-11(14(21-2)17-9-12)4-3-7-16-15(19)20/h8-10,13,16,18H,5-7H2,1-2H3,(H,19,20). The third-order valence-electron chi connectivity index (χ3n) is 3.18. The Balaban J connectivity index is 2.10. The van der Waals surface area contributed by atoms with Crippen molar-refractivity contribution in [3.63, 3.8) is 0 Å². The van der Waals surface area contributed by atoms with Gasteiger partial charge in [0, 0.05) is 18.3 Å². The number of amides is 1. The topological polar surface area (TPSA) is 83.5 Å². The molecular weight excluding hydrogens is 270 g/mol. The second-order valence-corrected chi connectivity index (χ2v) is 4.95. The van der Waals surface area contributed by atoms with Crippen molar-refractivity contribution in [2.45, 2.75) is 31.8 Å². The predicted octanol–water partition coefficient (Wildman–Crippen LogP) is 1.52. The summed E-state index contributed by atoms with van der Waals surface area (Å²) in [5.74, 6) is 6.08. The van der Waals surface area contributed by atoms with Crippen LogP contribution in [0.15, 0.2) is 12.3 Å². The van der Waals surface area contributed by atoms with Gasteiger partial charge < -0.3 is 20.5 Å². The second-order valence-electron chi connectivity index (χ2n) is 4.95. The first-order valence-corrected chi connectivity index (χ1v) is 6.85. The Bertz CT molecular complexity index is 573. The highest BCUT2D eigenvalue weighted by atomic mass is 16.5. The van der Waals surface area contributed by atoms with Gasteiger partial charge in [-0.05, 0) is 31.4 Å². The largest absolute Gasteiger partial charge is 0.480 e. The van der Waals surface area contributed by atoms with Crippen molar-refractivity contribution >= 4 is 6.09 Å². The fraction of sp³-hybridized carbons (Fsp3) is 0.467. The number of methoxy groups -OCH3 is 1. The SMILES string of the molecule is COc1ncc(C(C)NC2CC2)cc1C#CCNC(=O)O. The number of hydrogen-bond donors (Lipinski definition) is 3. The maximum absolute atomic E-state index is 10.4. The Hall–Kier alpha value is -2.26. The van der Waals surface area contributed by atoms with Gasteiger partial charge in [-0.1, -0.05) is 11.8 Å². The summed E-state index contributed by atoms with van der Waals surface area (Å²) < 4.78 is 5.18. The van der Waals surface area contributed by atoms with Gasteiger partial charge in [-0.15, -0.1) is 0 Å². The van der Waals surface area contributed by atoms with Crippen LogP contribution in [0.2, 0.25) is 0 Å². The van der Waals surface area contributed by atoms with E-state index in [0.29, 0.717) is 17.5 Å². The molecule has 1 aromatic rings. The minimum atomic E-state index is -1.09. The highest BCUT2D eigenvalue weighted by Gasteiger charge is 2.23. The molecule has 1 unspecified atom stereocenters. The van der Waals surface area contributed by atoms with E-state index >= 15 is 0 Å². The molecule has 1 aliphatic rings. The molecule has 1 aromatic heterocycles. The van der Waals surface area contributed by atoms with E-state index in [1.165, 1.54) is 20.0 Å². The number of hydrogen-bond acceptors (Lipinski definition) is 4. The van der Waals surface area contributed by atoms with Crippen LogP contribution in [0.3, 0.4) is 0 Å². The van der Waals surface area contributed by atoms with E-state index in [-0.39, 0.29) is 12.6 Å². The quantitative estimate of drug-likeness (QED) is 0.716. The van der Waals surface area contributed by atoms with Gasteiger partial charge in [-0.25, -0.2) is 9.78 Å². The van der Waals surface area contributed by atoms with E-state index < -0.39 is 6.09 Å². The molecule has 6 nitrogen and oxygen atoms in total. The van der Waals surface area contributed by atoms with Crippen LogP contribution in [0.25, 0.3) is 0 Å². The average molecular weight is 289 g/mol. The lowest BCUT2D eigenvalue weighted by molar-refractivity contribution is 0.196. The zero-order valence-corrected chi connectivity index (χ0v) is 12.1. The molecular formula is C15H19N3O3. The molecule has 0 aliphatic heterocycles. The van der Waals surface area contributed by atoms with Gasteiger partial charge in [0.05, 0.1) is 19.2 Å². The minimum absolute atomic E-state index is 0.0680. The van der Waals surface area contributed by atoms with Crippen LogP contribution in [-0.2, 0) is 0 Å². The van der Waals surface area contributed by atoms with Crippen molar-refractivity contribution in [3.8, 4) is 17.7 Å². The molecule has 1 heterocycles. The number of nitrogens with one attached hydrogen (secondary N) is 2. The van der Waals surface area contributed by atoms with Crippen LogP contribution in [0.1, 0.15) is 36.9 Å². The van der Waals surface area contributed by atoms with Gasteiger partial charge in [0.1, 0.15) is 0 Å². The van der Waals surface area contributed by atoms with Crippen LogP contribution in [-0.4, -0.2) is 35.9 Å². The molecule has 0 spiro atoms. The summed E-state index contributed by atoms with van der Waals surface area (Å²) in [4.78, 5) is 14.6.